The van der Waals surface area contributed by atoms with Crippen molar-refractivity contribution < 1.29 is 21.6 Å². The molecule has 4 rings (SSSR count). The van der Waals surface area contributed by atoms with Gasteiger partial charge in [-0.05, 0) is 24.6 Å². The van der Waals surface area contributed by atoms with Crippen LogP contribution in [0.2, 0.25) is 0 Å². The van der Waals surface area contributed by atoms with Gasteiger partial charge >= 0.3 is 0 Å². The standard InChI is InChI=1S/C16H13F2N5O3S/c17-12-2-1-11(7-13(12)18)27(24,25)23-6-3-10(9-23)15-21-22-16(26-15)14-8-19-4-5-20-14/h1-2,4-5,7-8,10H,3,6,9H2. The second-order valence-electron chi connectivity index (χ2n) is 5.96. The highest BCUT2D eigenvalue weighted by molar-refractivity contribution is 7.89. The van der Waals surface area contributed by atoms with Crippen LogP contribution in [0.15, 0.2) is 46.1 Å². The van der Waals surface area contributed by atoms with Crippen molar-refractivity contribution in [3.8, 4) is 11.6 Å². The van der Waals surface area contributed by atoms with Crippen LogP contribution in [-0.2, 0) is 10.0 Å². The van der Waals surface area contributed by atoms with Crippen LogP contribution in [0.1, 0.15) is 18.2 Å². The van der Waals surface area contributed by atoms with Gasteiger partial charge in [0, 0.05) is 25.5 Å². The Morgan fingerprint density at radius 2 is 2.00 bits per heavy atom. The van der Waals surface area contributed by atoms with E-state index in [-0.39, 0.29) is 29.8 Å². The van der Waals surface area contributed by atoms with Gasteiger partial charge in [-0.1, -0.05) is 0 Å². The normalized spacial score (nSPS) is 18.1. The predicted molar refractivity (Wildman–Crippen MR) is 87.8 cm³/mol. The Hall–Kier alpha value is -2.79. The van der Waals surface area contributed by atoms with Crippen molar-refractivity contribution >= 4 is 10.0 Å². The SMILES string of the molecule is O=S(=O)(c1ccc(F)c(F)c1)N1CCC(c2nnc(-c3cnccn3)o2)C1. The average Bonchev–Trinajstić information content (AvgIpc) is 3.34. The van der Waals surface area contributed by atoms with Gasteiger partial charge in [0.05, 0.1) is 17.0 Å². The number of sulfonamides is 1. The molecule has 1 aromatic carbocycles. The Balaban J connectivity index is 1.53. The molecule has 0 bridgehead atoms. The van der Waals surface area contributed by atoms with E-state index in [0.29, 0.717) is 24.1 Å². The summed E-state index contributed by atoms with van der Waals surface area (Å²) < 4.78 is 58.6. The van der Waals surface area contributed by atoms with Gasteiger partial charge in [-0.3, -0.25) is 4.98 Å². The highest BCUT2D eigenvalue weighted by atomic mass is 32.2. The first-order valence-electron chi connectivity index (χ1n) is 8.00. The third-order valence-corrected chi connectivity index (χ3v) is 6.11. The minimum Gasteiger partial charge on any atom is -0.419 e. The first kappa shape index (κ1) is 17.6. The molecular weight excluding hydrogens is 380 g/mol. The van der Waals surface area contributed by atoms with Gasteiger partial charge in [0.1, 0.15) is 5.69 Å². The van der Waals surface area contributed by atoms with Crippen LogP contribution in [0.25, 0.3) is 11.6 Å². The van der Waals surface area contributed by atoms with E-state index in [2.05, 4.69) is 20.2 Å². The molecule has 3 aromatic rings. The van der Waals surface area contributed by atoms with E-state index < -0.39 is 21.7 Å². The smallest absolute Gasteiger partial charge is 0.267 e. The molecule has 2 aromatic heterocycles. The van der Waals surface area contributed by atoms with Crippen LogP contribution in [0.5, 0.6) is 0 Å². The summed E-state index contributed by atoms with van der Waals surface area (Å²) >= 11 is 0. The molecule has 1 fully saturated rings. The van der Waals surface area contributed by atoms with Crippen molar-refractivity contribution in [2.24, 2.45) is 0 Å². The third kappa shape index (κ3) is 3.30. The number of nitrogens with zero attached hydrogens (tertiary/aromatic N) is 5. The molecule has 11 heteroatoms. The highest BCUT2D eigenvalue weighted by Crippen LogP contribution is 2.31. The fourth-order valence-electron chi connectivity index (χ4n) is 2.85. The molecule has 0 radical (unpaired) electrons. The first-order chi connectivity index (χ1) is 12.9. The maximum atomic E-state index is 13.4. The van der Waals surface area contributed by atoms with Crippen molar-refractivity contribution in [3.05, 3.63) is 54.3 Å². The minimum atomic E-state index is -3.95. The van der Waals surface area contributed by atoms with Gasteiger partial charge in [-0.15, -0.1) is 10.2 Å². The molecule has 3 heterocycles. The molecule has 1 unspecified atom stereocenters. The lowest BCUT2D eigenvalue weighted by Gasteiger charge is -2.16. The quantitative estimate of drug-likeness (QED) is 0.668. The molecule has 1 aliphatic rings. The summed E-state index contributed by atoms with van der Waals surface area (Å²) in [5.74, 6) is -2.13. The summed E-state index contributed by atoms with van der Waals surface area (Å²) in [5, 5.41) is 7.89. The number of hydrogen-bond acceptors (Lipinski definition) is 7. The molecule has 27 heavy (non-hydrogen) atoms. The van der Waals surface area contributed by atoms with Gasteiger partial charge in [-0.25, -0.2) is 22.2 Å². The minimum absolute atomic E-state index is 0.101. The fraction of sp³-hybridized carbons (Fsp3) is 0.250. The molecule has 1 atom stereocenters. The van der Waals surface area contributed by atoms with E-state index in [1.807, 2.05) is 0 Å². The summed E-state index contributed by atoms with van der Waals surface area (Å²) in [5.41, 5.74) is 0.417. The van der Waals surface area contributed by atoms with Gasteiger partial charge in [0.2, 0.25) is 15.9 Å². The van der Waals surface area contributed by atoms with Crippen molar-refractivity contribution in [3.63, 3.8) is 0 Å². The zero-order valence-corrected chi connectivity index (χ0v) is 14.6. The Kier molecular flexibility index (Phi) is 4.40. The molecule has 0 aliphatic carbocycles. The maximum Gasteiger partial charge on any atom is 0.267 e. The maximum absolute atomic E-state index is 13.4. The van der Waals surface area contributed by atoms with Gasteiger partial charge in [0.25, 0.3) is 5.89 Å². The number of hydrogen-bond donors (Lipinski definition) is 0. The zero-order chi connectivity index (χ0) is 19.0. The number of halogens is 2. The van der Waals surface area contributed by atoms with Crippen molar-refractivity contribution in [2.75, 3.05) is 13.1 Å². The van der Waals surface area contributed by atoms with Crippen molar-refractivity contribution in [1.29, 1.82) is 0 Å². The lowest BCUT2D eigenvalue weighted by Crippen LogP contribution is -2.28. The Labute approximate surface area is 152 Å². The summed E-state index contributed by atoms with van der Waals surface area (Å²) in [7, 11) is -3.95. The Morgan fingerprint density at radius 3 is 2.74 bits per heavy atom. The molecule has 1 aliphatic heterocycles. The average molecular weight is 393 g/mol. The molecule has 1 saturated heterocycles. The molecule has 140 valence electrons. The summed E-state index contributed by atoms with van der Waals surface area (Å²) in [6.07, 6.45) is 4.94. The first-order valence-corrected chi connectivity index (χ1v) is 9.44. The monoisotopic (exact) mass is 393 g/mol. The highest BCUT2D eigenvalue weighted by Gasteiger charge is 2.36. The van der Waals surface area contributed by atoms with Crippen LogP contribution in [0, 0.1) is 11.6 Å². The topological polar surface area (TPSA) is 102 Å². The summed E-state index contributed by atoms with van der Waals surface area (Å²) in [6.45, 7) is 0.304. The van der Waals surface area contributed by atoms with E-state index >= 15 is 0 Å². The molecule has 0 amide bonds. The summed E-state index contributed by atoms with van der Waals surface area (Å²) in [6, 6.07) is 2.51. The van der Waals surface area contributed by atoms with Crippen molar-refractivity contribution in [1.82, 2.24) is 24.5 Å². The van der Waals surface area contributed by atoms with Gasteiger partial charge in [-0.2, -0.15) is 4.31 Å². The summed E-state index contributed by atoms with van der Waals surface area (Å²) in [4.78, 5) is 7.69. The van der Waals surface area contributed by atoms with E-state index in [9.17, 15) is 17.2 Å². The lowest BCUT2D eigenvalue weighted by molar-refractivity contribution is 0.438. The lowest BCUT2D eigenvalue weighted by atomic mass is 10.1. The van der Waals surface area contributed by atoms with Gasteiger partial charge in [0.15, 0.2) is 11.6 Å². The molecule has 0 spiro atoms. The zero-order valence-electron chi connectivity index (χ0n) is 13.8. The fourth-order valence-corrected chi connectivity index (χ4v) is 4.36. The molecule has 0 saturated carbocycles. The van der Waals surface area contributed by atoms with Gasteiger partial charge < -0.3 is 4.42 Å². The van der Waals surface area contributed by atoms with Crippen LogP contribution in [0.4, 0.5) is 8.78 Å². The second-order valence-corrected chi connectivity index (χ2v) is 7.90. The van der Waals surface area contributed by atoms with Crippen LogP contribution < -0.4 is 0 Å². The predicted octanol–water partition coefficient (Wildman–Crippen LogP) is 1.98. The van der Waals surface area contributed by atoms with E-state index in [1.54, 1.807) is 0 Å². The van der Waals surface area contributed by atoms with Crippen LogP contribution >= 0.6 is 0 Å². The number of rotatable bonds is 4. The second kappa shape index (κ2) is 6.74. The number of benzene rings is 1. The van der Waals surface area contributed by atoms with E-state index in [4.69, 9.17) is 4.42 Å². The Bertz CT molecular complexity index is 1070. The van der Waals surface area contributed by atoms with E-state index in [1.165, 1.54) is 22.9 Å². The number of aromatic nitrogens is 4. The van der Waals surface area contributed by atoms with Crippen molar-refractivity contribution in [2.45, 2.75) is 17.2 Å². The molecule has 0 N–H and O–H groups in total. The van der Waals surface area contributed by atoms with Crippen LogP contribution in [0.3, 0.4) is 0 Å². The Morgan fingerprint density at radius 1 is 1.15 bits per heavy atom. The van der Waals surface area contributed by atoms with Crippen LogP contribution in [-0.4, -0.2) is 46.0 Å². The van der Waals surface area contributed by atoms with E-state index in [0.717, 1.165) is 12.1 Å². The third-order valence-electron chi connectivity index (χ3n) is 4.25. The molecular formula is C16H13F2N5O3S. The largest absolute Gasteiger partial charge is 0.419 e. The molecule has 8 nitrogen and oxygen atoms in total.